The molecule has 1 aliphatic rings. The van der Waals surface area contributed by atoms with E-state index in [2.05, 4.69) is 58.8 Å². The van der Waals surface area contributed by atoms with E-state index >= 15 is 0 Å². The quantitative estimate of drug-likeness (QED) is 0.587. The van der Waals surface area contributed by atoms with Crippen LogP contribution in [0, 0.1) is 11.8 Å². The minimum atomic E-state index is 0.0796. The molecule has 0 saturated heterocycles. The maximum Gasteiger partial charge on any atom is 0.223 e. The second-order valence-corrected chi connectivity index (χ2v) is 8.50. The van der Waals surface area contributed by atoms with Gasteiger partial charge in [-0.15, -0.1) is 0 Å². The van der Waals surface area contributed by atoms with Crippen molar-refractivity contribution in [2.75, 3.05) is 13.1 Å². The fourth-order valence-corrected chi connectivity index (χ4v) is 4.55. The van der Waals surface area contributed by atoms with Crippen molar-refractivity contribution in [2.24, 2.45) is 17.6 Å². The largest absolute Gasteiger partial charge is 0.355 e. The second-order valence-electron chi connectivity index (χ2n) is 8.50. The number of amides is 1. The SMILES string of the molecule is NCC1CCC(C(=O)NCC(c2ccccc2)c2ccnc(-c3ccccc3)c2)CC1. The average Bonchev–Trinajstić information content (AvgIpc) is 2.85. The highest BCUT2D eigenvalue weighted by atomic mass is 16.1. The summed E-state index contributed by atoms with van der Waals surface area (Å²) in [7, 11) is 0. The van der Waals surface area contributed by atoms with Gasteiger partial charge in [0.15, 0.2) is 0 Å². The van der Waals surface area contributed by atoms with Gasteiger partial charge in [-0.1, -0.05) is 60.7 Å². The number of nitrogens with zero attached hydrogens (tertiary/aromatic N) is 1. The molecule has 1 aromatic heterocycles. The molecule has 2 aromatic carbocycles. The molecule has 3 N–H and O–H groups in total. The Hall–Kier alpha value is -2.98. The molecule has 1 atom stereocenters. The number of carbonyl (C=O) groups is 1. The summed E-state index contributed by atoms with van der Waals surface area (Å²) in [4.78, 5) is 17.5. The molecule has 4 rings (SSSR count). The van der Waals surface area contributed by atoms with Gasteiger partial charge in [-0.05, 0) is 61.4 Å². The van der Waals surface area contributed by atoms with Gasteiger partial charge >= 0.3 is 0 Å². The summed E-state index contributed by atoms with van der Waals surface area (Å²) in [6.07, 6.45) is 5.86. The number of benzene rings is 2. The highest BCUT2D eigenvalue weighted by Gasteiger charge is 2.26. The zero-order valence-corrected chi connectivity index (χ0v) is 17.9. The molecular formula is C27H31N3O. The van der Waals surface area contributed by atoms with Crippen molar-refractivity contribution in [3.63, 3.8) is 0 Å². The number of aromatic nitrogens is 1. The van der Waals surface area contributed by atoms with E-state index in [1.165, 1.54) is 5.56 Å². The van der Waals surface area contributed by atoms with Gasteiger partial charge in [0.05, 0.1) is 5.69 Å². The zero-order chi connectivity index (χ0) is 21.5. The van der Waals surface area contributed by atoms with Crippen molar-refractivity contribution in [1.29, 1.82) is 0 Å². The van der Waals surface area contributed by atoms with Gasteiger partial charge in [0.1, 0.15) is 0 Å². The van der Waals surface area contributed by atoms with Crippen LogP contribution in [0.4, 0.5) is 0 Å². The summed E-state index contributed by atoms with van der Waals surface area (Å²) in [5, 5.41) is 3.25. The van der Waals surface area contributed by atoms with E-state index in [1.807, 2.05) is 30.5 Å². The maximum absolute atomic E-state index is 12.9. The molecular weight excluding hydrogens is 382 g/mol. The molecule has 4 heteroatoms. The van der Waals surface area contributed by atoms with Gasteiger partial charge in [0.2, 0.25) is 5.91 Å². The van der Waals surface area contributed by atoms with Crippen LogP contribution in [-0.4, -0.2) is 24.0 Å². The molecule has 0 radical (unpaired) electrons. The van der Waals surface area contributed by atoms with E-state index in [-0.39, 0.29) is 17.7 Å². The summed E-state index contributed by atoms with van der Waals surface area (Å²) in [5.41, 5.74) is 10.2. The Balaban J connectivity index is 1.52. The van der Waals surface area contributed by atoms with E-state index in [9.17, 15) is 4.79 Å². The van der Waals surface area contributed by atoms with Crippen molar-refractivity contribution in [2.45, 2.75) is 31.6 Å². The number of hydrogen-bond acceptors (Lipinski definition) is 3. The molecule has 1 fully saturated rings. The van der Waals surface area contributed by atoms with E-state index in [1.54, 1.807) is 0 Å². The Morgan fingerprint density at radius 3 is 2.29 bits per heavy atom. The third-order valence-electron chi connectivity index (χ3n) is 6.49. The second kappa shape index (κ2) is 10.4. The lowest BCUT2D eigenvalue weighted by molar-refractivity contribution is -0.126. The topological polar surface area (TPSA) is 68.0 Å². The van der Waals surface area contributed by atoms with Crippen LogP contribution in [0.2, 0.25) is 0 Å². The number of nitrogens with one attached hydrogen (secondary N) is 1. The van der Waals surface area contributed by atoms with Gasteiger partial charge in [0, 0.05) is 30.1 Å². The zero-order valence-electron chi connectivity index (χ0n) is 17.9. The summed E-state index contributed by atoms with van der Waals surface area (Å²) in [5.74, 6) is 0.940. The van der Waals surface area contributed by atoms with Gasteiger partial charge in [-0.3, -0.25) is 9.78 Å². The first-order valence-corrected chi connectivity index (χ1v) is 11.3. The van der Waals surface area contributed by atoms with Crippen LogP contribution in [0.3, 0.4) is 0 Å². The summed E-state index contributed by atoms with van der Waals surface area (Å²) in [6, 6.07) is 24.8. The molecule has 0 bridgehead atoms. The molecule has 1 saturated carbocycles. The Morgan fingerprint density at radius 1 is 0.935 bits per heavy atom. The predicted molar refractivity (Wildman–Crippen MR) is 125 cm³/mol. The molecule has 1 aliphatic carbocycles. The van der Waals surface area contributed by atoms with Gasteiger partial charge < -0.3 is 11.1 Å². The maximum atomic E-state index is 12.9. The molecule has 0 spiro atoms. The normalized spacial score (nSPS) is 19.5. The minimum Gasteiger partial charge on any atom is -0.355 e. The van der Waals surface area contributed by atoms with Crippen LogP contribution in [0.15, 0.2) is 79.0 Å². The Labute approximate surface area is 184 Å². The highest BCUT2D eigenvalue weighted by Crippen LogP contribution is 2.30. The van der Waals surface area contributed by atoms with Crippen LogP contribution in [0.25, 0.3) is 11.3 Å². The van der Waals surface area contributed by atoms with E-state index in [0.717, 1.165) is 49.0 Å². The first kappa shape index (κ1) is 21.3. The molecule has 31 heavy (non-hydrogen) atoms. The van der Waals surface area contributed by atoms with Crippen molar-refractivity contribution in [3.05, 3.63) is 90.1 Å². The number of pyridine rings is 1. The number of nitrogens with two attached hydrogens (primary N) is 1. The Bertz CT molecular complexity index is 966. The minimum absolute atomic E-state index is 0.0796. The predicted octanol–water partition coefficient (Wildman–Crippen LogP) is 4.76. The lowest BCUT2D eigenvalue weighted by Gasteiger charge is -2.27. The molecule has 4 nitrogen and oxygen atoms in total. The van der Waals surface area contributed by atoms with Crippen molar-refractivity contribution in [1.82, 2.24) is 10.3 Å². The standard InChI is InChI=1S/C27H31N3O/c28-18-20-11-13-23(14-12-20)27(31)30-19-25(21-7-3-1-4-8-21)24-15-16-29-26(17-24)22-9-5-2-6-10-22/h1-10,15-17,20,23,25H,11-14,18-19,28H2,(H,30,31). The van der Waals surface area contributed by atoms with E-state index < -0.39 is 0 Å². The van der Waals surface area contributed by atoms with Gasteiger partial charge in [0.25, 0.3) is 0 Å². The van der Waals surface area contributed by atoms with E-state index in [0.29, 0.717) is 12.5 Å². The molecule has 3 aromatic rings. The van der Waals surface area contributed by atoms with Crippen LogP contribution >= 0.6 is 0 Å². The van der Waals surface area contributed by atoms with Crippen LogP contribution in [0.5, 0.6) is 0 Å². The summed E-state index contributed by atoms with van der Waals surface area (Å²) < 4.78 is 0. The fraction of sp³-hybridized carbons (Fsp3) is 0.333. The number of carbonyl (C=O) groups excluding carboxylic acids is 1. The first-order chi connectivity index (χ1) is 15.2. The van der Waals surface area contributed by atoms with Crippen LogP contribution < -0.4 is 11.1 Å². The molecule has 1 unspecified atom stereocenters. The molecule has 1 amide bonds. The fourth-order valence-electron chi connectivity index (χ4n) is 4.55. The van der Waals surface area contributed by atoms with Crippen molar-refractivity contribution >= 4 is 5.91 Å². The lowest BCUT2D eigenvalue weighted by Crippen LogP contribution is -2.36. The molecule has 1 heterocycles. The Morgan fingerprint density at radius 2 is 1.61 bits per heavy atom. The monoisotopic (exact) mass is 413 g/mol. The third kappa shape index (κ3) is 5.39. The van der Waals surface area contributed by atoms with Crippen molar-refractivity contribution in [3.8, 4) is 11.3 Å². The number of hydrogen-bond donors (Lipinski definition) is 2. The average molecular weight is 414 g/mol. The van der Waals surface area contributed by atoms with Crippen molar-refractivity contribution < 1.29 is 4.79 Å². The molecule has 0 aliphatic heterocycles. The smallest absolute Gasteiger partial charge is 0.223 e. The van der Waals surface area contributed by atoms with Crippen LogP contribution in [0.1, 0.15) is 42.7 Å². The van der Waals surface area contributed by atoms with Crippen LogP contribution in [-0.2, 0) is 4.79 Å². The third-order valence-corrected chi connectivity index (χ3v) is 6.49. The number of rotatable bonds is 7. The van der Waals surface area contributed by atoms with Gasteiger partial charge in [-0.25, -0.2) is 0 Å². The van der Waals surface area contributed by atoms with Gasteiger partial charge in [-0.2, -0.15) is 0 Å². The Kier molecular flexibility index (Phi) is 7.11. The highest BCUT2D eigenvalue weighted by molar-refractivity contribution is 5.78. The first-order valence-electron chi connectivity index (χ1n) is 11.3. The van der Waals surface area contributed by atoms with E-state index in [4.69, 9.17) is 5.73 Å². The summed E-state index contributed by atoms with van der Waals surface area (Å²) >= 11 is 0. The lowest BCUT2D eigenvalue weighted by atomic mass is 9.81. The molecule has 160 valence electrons. The summed E-state index contributed by atoms with van der Waals surface area (Å²) in [6.45, 7) is 1.31.